The first kappa shape index (κ1) is 17.4. The lowest BCUT2D eigenvalue weighted by molar-refractivity contribution is -0.159. The highest BCUT2D eigenvalue weighted by Crippen LogP contribution is 2.49. The molecule has 2 atom stereocenters. The summed E-state index contributed by atoms with van der Waals surface area (Å²) in [4.78, 5) is 12.4. The summed E-state index contributed by atoms with van der Waals surface area (Å²) in [5.41, 5.74) is -1.29. The van der Waals surface area contributed by atoms with Crippen LogP contribution in [-0.2, 0) is 15.1 Å². The molecule has 0 aliphatic carbocycles. The van der Waals surface area contributed by atoms with Crippen LogP contribution in [0.1, 0.15) is 18.1 Å². The normalized spacial score (nSPS) is 22.0. The molecule has 4 nitrogen and oxygen atoms in total. The lowest BCUT2D eigenvalue weighted by Gasteiger charge is -2.29. The minimum atomic E-state index is -1.87. The molecule has 0 unspecified atom stereocenters. The van der Waals surface area contributed by atoms with Crippen LogP contribution in [0.25, 0.3) is 0 Å². The van der Waals surface area contributed by atoms with Gasteiger partial charge in [0.15, 0.2) is 5.60 Å². The van der Waals surface area contributed by atoms with Crippen molar-refractivity contribution < 1.29 is 19.4 Å². The Labute approximate surface area is 153 Å². The summed E-state index contributed by atoms with van der Waals surface area (Å²) < 4.78 is 10.7. The molecule has 24 heavy (non-hydrogen) atoms. The van der Waals surface area contributed by atoms with E-state index in [0.717, 1.165) is 0 Å². The van der Waals surface area contributed by atoms with Crippen LogP contribution < -0.4 is 4.74 Å². The highest BCUT2D eigenvalue weighted by atomic mass is 35.5. The molecule has 1 aliphatic rings. The number of aliphatic hydroxyl groups is 1. The average molecular weight is 388 g/mol. The van der Waals surface area contributed by atoms with E-state index in [1.54, 1.807) is 37.3 Å². The maximum Gasteiger partial charge on any atom is 0.351 e. The highest BCUT2D eigenvalue weighted by molar-refractivity contribution is 6.42. The van der Waals surface area contributed by atoms with Crippen LogP contribution >= 0.6 is 34.8 Å². The summed E-state index contributed by atoms with van der Waals surface area (Å²) in [7, 11) is 0. The first-order valence-electron chi connectivity index (χ1n) is 7.19. The van der Waals surface area contributed by atoms with Gasteiger partial charge in [-0.3, -0.25) is 0 Å². The third-order valence-corrected chi connectivity index (χ3v) is 4.89. The number of halogens is 3. The molecular formula is C17H13Cl3O4. The highest BCUT2D eigenvalue weighted by Gasteiger charge is 2.55. The zero-order chi connectivity index (χ0) is 17.5. The number of fused-ring (bicyclic) bond motifs is 1. The van der Waals surface area contributed by atoms with Crippen LogP contribution in [0.15, 0.2) is 36.4 Å². The Morgan fingerprint density at radius 1 is 1.25 bits per heavy atom. The zero-order valence-corrected chi connectivity index (χ0v) is 14.8. The van der Waals surface area contributed by atoms with Gasteiger partial charge in [0.2, 0.25) is 6.10 Å². The fourth-order valence-electron chi connectivity index (χ4n) is 2.78. The predicted molar refractivity (Wildman–Crippen MR) is 92.0 cm³/mol. The number of carbonyl (C=O) groups is 1. The average Bonchev–Trinajstić information content (AvgIpc) is 2.84. The van der Waals surface area contributed by atoms with E-state index >= 15 is 0 Å². The molecule has 1 N–H and O–H groups in total. The third kappa shape index (κ3) is 2.64. The van der Waals surface area contributed by atoms with Gasteiger partial charge < -0.3 is 14.6 Å². The smallest absolute Gasteiger partial charge is 0.351 e. The van der Waals surface area contributed by atoms with E-state index in [2.05, 4.69) is 0 Å². The predicted octanol–water partition coefficient (Wildman–Crippen LogP) is 4.21. The number of hydrogen-bond donors (Lipinski definition) is 1. The quantitative estimate of drug-likeness (QED) is 0.802. The van der Waals surface area contributed by atoms with Crippen LogP contribution in [0.5, 0.6) is 5.75 Å². The van der Waals surface area contributed by atoms with Crippen LogP contribution in [0.2, 0.25) is 15.1 Å². The molecule has 1 heterocycles. The summed E-state index contributed by atoms with van der Waals surface area (Å²) in [6.45, 7) is 1.82. The van der Waals surface area contributed by atoms with Crippen molar-refractivity contribution in [2.45, 2.75) is 18.6 Å². The molecule has 2 aromatic rings. The Morgan fingerprint density at radius 2 is 2.00 bits per heavy atom. The minimum absolute atomic E-state index is 0.132. The topological polar surface area (TPSA) is 55.8 Å². The van der Waals surface area contributed by atoms with Gasteiger partial charge in [0.05, 0.1) is 16.7 Å². The van der Waals surface area contributed by atoms with Crippen molar-refractivity contribution in [3.05, 3.63) is 62.6 Å². The summed E-state index contributed by atoms with van der Waals surface area (Å²) in [6, 6.07) is 9.53. The van der Waals surface area contributed by atoms with Gasteiger partial charge in [0, 0.05) is 16.1 Å². The van der Waals surface area contributed by atoms with E-state index in [9.17, 15) is 9.90 Å². The van der Waals surface area contributed by atoms with Crippen LogP contribution in [0.3, 0.4) is 0 Å². The largest absolute Gasteiger partial charge is 0.474 e. The van der Waals surface area contributed by atoms with E-state index < -0.39 is 17.7 Å². The monoisotopic (exact) mass is 386 g/mol. The second kappa shape index (κ2) is 6.45. The number of rotatable bonds is 3. The van der Waals surface area contributed by atoms with Gasteiger partial charge in [0.25, 0.3) is 0 Å². The zero-order valence-electron chi connectivity index (χ0n) is 12.6. The SMILES string of the molecule is CCOC(=O)[C@@H]1Oc2ccc(Cl)cc2[C@@]1(O)c1cccc(Cl)c1Cl. The lowest BCUT2D eigenvalue weighted by Crippen LogP contribution is -2.45. The fraction of sp³-hybridized carbons (Fsp3) is 0.235. The van der Waals surface area contributed by atoms with Crippen molar-refractivity contribution in [1.29, 1.82) is 0 Å². The van der Waals surface area contributed by atoms with E-state index in [1.807, 2.05) is 0 Å². The number of hydrogen-bond acceptors (Lipinski definition) is 4. The second-order valence-corrected chi connectivity index (χ2v) is 6.48. The number of esters is 1. The third-order valence-electron chi connectivity index (χ3n) is 3.84. The van der Waals surface area contributed by atoms with Crippen molar-refractivity contribution in [3.8, 4) is 5.75 Å². The van der Waals surface area contributed by atoms with Crippen LogP contribution in [-0.4, -0.2) is 23.8 Å². The van der Waals surface area contributed by atoms with Crippen molar-refractivity contribution in [3.63, 3.8) is 0 Å². The molecule has 7 heteroatoms. The van der Waals surface area contributed by atoms with Gasteiger partial charge in [-0.1, -0.05) is 46.9 Å². The van der Waals surface area contributed by atoms with Crippen molar-refractivity contribution in [2.24, 2.45) is 0 Å². The molecule has 0 fully saturated rings. The first-order chi connectivity index (χ1) is 11.4. The minimum Gasteiger partial charge on any atom is -0.474 e. The number of carbonyl (C=O) groups excluding carboxylic acids is 1. The van der Waals surface area contributed by atoms with Crippen molar-refractivity contribution >= 4 is 40.8 Å². The van der Waals surface area contributed by atoms with E-state index in [-0.39, 0.29) is 22.2 Å². The van der Waals surface area contributed by atoms with Gasteiger partial charge in [-0.05, 0) is 31.2 Å². The molecule has 3 rings (SSSR count). The Bertz CT molecular complexity index is 808. The summed E-state index contributed by atoms with van der Waals surface area (Å²) in [5, 5.41) is 12.2. The van der Waals surface area contributed by atoms with Gasteiger partial charge in [-0.25, -0.2) is 4.79 Å². The molecule has 0 amide bonds. The lowest BCUT2D eigenvalue weighted by atomic mass is 9.83. The molecule has 0 spiro atoms. The van der Waals surface area contributed by atoms with Crippen molar-refractivity contribution in [2.75, 3.05) is 6.61 Å². The van der Waals surface area contributed by atoms with Crippen molar-refractivity contribution in [1.82, 2.24) is 0 Å². The molecule has 0 aromatic heterocycles. The maximum absolute atomic E-state index is 12.4. The van der Waals surface area contributed by atoms with Crippen LogP contribution in [0.4, 0.5) is 0 Å². The Hall–Kier alpha value is -1.46. The molecule has 2 aromatic carbocycles. The molecule has 1 aliphatic heterocycles. The van der Waals surface area contributed by atoms with E-state index in [1.165, 1.54) is 6.07 Å². The van der Waals surface area contributed by atoms with E-state index in [0.29, 0.717) is 16.3 Å². The Balaban J connectivity index is 2.24. The second-order valence-electron chi connectivity index (χ2n) is 5.26. The van der Waals surface area contributed by atoms with Gasteiger partial charge >= 0.3 is 5.97 Å². The molecular weight excluding hydrogens is 375 g/mol. The van der Waals surface area contributed by atoms with Gasteiger partial charge in [-0.2, -0.15) is 0 Å². The maximum atomic E-state index is 12.4. The molecule has 126 valence electrons. The Morgan fingerprint density at radius 3 is 2.71 bits per heavy atom. The van der Waals surface area contributed by atoms with Gasteiger partial charge in [-0.15, -0.1) is 0 Å². The molecule has 0 saturated heterocycles. The summed E-state index contributed by atoms with van der Waals surface area (Å²) in [6.07, 6.45) is -1.32. The van der Waals surface area contributed by atoms with Crippen LogP contribution in [0, 0.1) is 0 Å². The fourth-order valence-corrected chi connectivity index (χ4v) is 3.39. The first-order valence-corrected chi connectivity index (χ1v) is 8.33. The molecule has 0 radical (unpaired) electrons. The number of benzene rings is 2. The Kier molecular flexibility index (Phi) is 4.67. The molecule has 0 saturated carbocycles. The molecule has 0 bridgehead atoms. The standard InChI is InChI=1S/C17H13Cl3O4/c1-2-23-16(21)15-17(22,10-4-3-5-12(19)14(10)20)11-8-9(18)6-7-13(11)24-15/h3-8,15,22H,2H2,1H3/t15-,17-/m0/s1. The van der Waals surface area contributed by atoms with Gasteiger partial charge in [0.1, 0.15) is 5.75 Å². The number of ether oxygens (including phenoxy) is 2. The summed E-state index contributed by atoms with van der Waals surface area (Å²) in [5.74, 6) is -0.376. The summed E-state index contributed by atoms with van der Waals surface area (Å²) >= 11 is 18.4. The van der Waals surface area contributed by atoms with E-state index in [4.69, 9.17) is 44.3 Å².